The van der Waals surface area contributed by atoms with Crippen LogP contribution < -0.4 is 5.32 Å². The molecular formula is C10H12N4OS. The van der Waals surface area contributed by atoms with Crippen molar-refractivity contribution in [2.24, 2.45) is 0 Å². The molecule has 2 aromatic rings. The molecule has 0 spiro atoms. The van der Waals surface area contributed by atoms with E-state index in [2.05, 4.69) is 15.4 Å². The van der Waals surface area contributed by atoms with Crippen LogP contribution in [0.4, 0.5) is 5.82 Å². The number of rotatable bonds is 3. The van der Waals surface area contributed by atoms with Crippen molar-refractivity contribution in [3.63, 3.8) is 0 Å². The normalized spacial score (nSPS) is 10.4. The Labute approximate surface area is 97.1 Å². The summed E-state index contributed by atoms with van der Waals surface area (Å²) >= 11 is 1.62. The smallest absolute Gasteiger partial charge is 0.222 e. The van der Waals surface area contributed by atoms with Crippen LogP contribution in [0.2, 0.25) is 0 Å². The molecule has 2 rings (SSSR count). The van der Waals surface area contributed by atoms with Gasteiger partial charge in [0.1, 0.15) is 0 Å². The number of aryl methyl sites for hydroxylation is 1. The van der Waals surface area contributed by atoms with E-state index in [0.29, 0.717) is 12.4 Å². The van der Waals surface area contributed by atoms with Crippen LogP contribution in [0.5, 0.6) is 0 Å². The van der Waals surface area contributed by atoms with E-state index in [1.165, 1.54) is 6.92 Å². The van der Waals surface area contributed by atoms with Crippen LogP contribution in [-0.2, 0) is 11.3 Å². The Morgan fingerprint density at radius 1 is 1.62 bits per heavy atom. The van der Waals surface area contributed by atoms with Crippen LogP contribution in [0, 0.1) is 6.92 Å². The fourth-order valence-corrected chi connectivity index (χ4v) is 1.95. The number of carbonyl (C=O) groups excluding carboxylic acids is 1. The Kier molecular flexibility index (Phi) is 3.00. The lowest BCUT2D eigenvalue weighted by Gasteiger charge is -1.97. The molecule has 16 heavy (non-hydrogen) atoms. The zero-order valence-corrected chi connectivity index (χ0v) is 9.91. The lowest BCUT2D eigenvalue weighted by Crippen LogP contribution is -2.07. The summed E-state index contributed by atoms with van der Waals surface area (Å²) in [6, 6.07) is 1.76. The topological polar surface area (TPSA) is 59.8 Å². The van der Waals surface area contributed by atoms with E-state index >= 15 is 0 Å². The van der Waals surface area contributed by atoms with Gasteiger partial charge in [0.25, 0.3) is 0 Å². The van der Waals surface area contributed by atoms with Crippen LogP contribution in [-0.4, -0.2) is 20.7 Å². The Morgan fingerprint density at radius 3 is 3.06 bits per heavy atom. The van der Waals surface area contributed by atoms with Gasteiger partial charge >= 0.3 is 0 Å². The standard InChI is InChI=1S/C10H12N4OS/c1-7(15)11-10-3-4-14(13-10)5-9-6-16-8(2)12-9/h3-4,6H,5H2,1-2H3,(H,11,13,15). The molecule has 1 amide bonds. The summed E-state index contributed by atoms with van der Waals surface area (Å²) in [7, 11) is 0. The molecular weight excluding hydrogens is 224 g/mol. The van der Waals surface area contributed by atoms with E-state index in [0.717, 1.165) is 10.7 Å². The van der Waals surface area contributed by atoms with Crippen molar-refractivity contribution >= 4 is 23.1 Å². The predicted molar refractivity (Wildman–Crippen MR) is 62.5 cm³/mol. The maximum Gasteiger partial charge on any atom is 0.222 e. The molecule has 0 unspecified atom stereocenters. The molecule has 5 nitrogen and oxygen atoms in total. The fourth-order valence-electron chi connectivity index (χ4n) is 1.34. The number of hydrogen-bond donors (Lipinski definition) is 1. The second-order valence-electron chi connectivity index (χ2n) is 3.44. The third-order valence-corrected chi connectivity index (χ3v) is 2.76. The van der Waals surface area contributed by atoms with Gasteiger partial charge in [-0.2, -0.15) is 5.10 Å². The van der Waals surface area contributed by atoms with Crippen LogP contribution in [0.15, 0.2) is 17.6 Å². The first kappa shape index (κ1) is 10.8. The molecule has 0 saturated carbocycles. The highest BCUT2D eigenvalue weighted by Crippen LogP contribution is 2.10. The summed E-state index contributed by atoms with van der Waals surface area (Å²) in [4.78, 5) is 15.2. The minimum atomic E-state index is -0.116. The van der Waals surface area contributed by atoms with E-state index in [4.69, 9.17) is 0 Å². The minimum Gasteiger partial charge on any atom is -0.309 e. The van der Waals surface area contributed by atoms with Gasteiger partial charge in [-0.3, -0.25) is 9.48 Å². The maximum absolute atomic E-state index is 10.8. The third-order valence-electron chi connectivity index (χ3n) is 1.94. The van der Waals surface area contributed by atoms with E-state index in [1.54, 1.807) is 22.1 Å². The predicted octanol–water partition coefficient (Wildman–Crippen LogP) is 1.65. The number of nitrogens with zero attached hydrogens (tertiary/aromatic N) is 3. The van der Waals surface area contributed by atoms with Gasteiger partial charge in [-0.05, 0) is 6.92 Å². The number of nitrogens with one attached hydrogen (secondary N) is 1. The molecule has 84 valence electrons. The molecule has 2 heterocycles. The van der Waals surface area contributed by atoms with Gasteiger partial charge in [0, 0.05) is 24.6 Å². The van der Waals surface area contributed by atoms with E-state index in [9.17, 15) is 4.79 Å². The fraction of sp³-hybridized carbons (Fsp3) is 0.300. The second kappa shape index (κ2) is 4.44. The number of thiazole rings is 1. The lowest BCUT2D eigenvalue weighted by atomic mass is 10.5. The second-order valence-corrected chi connectivity index (χ2v) is 4.50. The number of aromatic nitrogens is 3. The van der Waals surface area contributed by atoms with Gasteiger partial charge in [0.2, 0.25) is 5.91 Å². The first-order chi connectivity index (χ1) is 7.63. The quantitative estimate of drug-likeness (QED) is 0.881. The largest absolute Gasteiger partial charge is 0.309 e. The van der Waals surface area contributed by atoms with Gasteiger partial charge < -0.3 is 5.32 Å². The van der Waals surface area contributed by atoms with E-state index < -0.39 is 0 Å². The van der Waals surface area contributed by atoms with Crippen molar-refractivity contribution in [3.8, 4) is 0 Å². The number of hydrogen-bond acceptors (Lipinski definition) is 4. The number of anilines is 1. The highest BCUT2D eigenvalue weighted by atomic mass is 32.1. The van der Waals surface area contributed by atoms with Crippen LogP contribution in [0.3, 0.4) is 0 Å². The molecule has 0 aromatic carbocycles. The summed E-state index contributed by atoms with van der Waals surface area (Å²) in [6.07, 6.45) is 1.82. The summed E-state index contributed by atoms with van der Waals surface area (Å²) in [6.45, 7) is 4.06. The lowest BCUT2D eigenvalue weighted by molar-refractivity contribution is -0.114. The number of amides is 1. The first-order valence-corrected chi connectivity index (χ1v) is 5.73. The zero-order valence-electron chi connectivity index (χ0n) is 9.10. The monoisotopic (exact) mass is 236 g/mol. The van der Waals surface area contributed by atoms with Crippen molar-refractivity contribution in [2.75, 3.05) is 5.32 Å². The van der Waals surface area contributed by atoms with Crippen molar-refractivity contribution in [3.05, 3.63) is 28.3 Å². The molecule has 6 heteroatoms. The Hall–Kier alpha value is -1.69. The molecule has 0 aliphatic carbocycles. The molecule has 0 aliphatic rings. The molecule has 2 aromatic heterocycles. The highest BCUT2D eigenvalue weighted by Gasteiger charge is 2.03. The van der Waals surface area contributed by atoms with Crippen molar-refractivity contribution < 1.29 is 4.79 Å². The van der Waals surface area contributed by atoms with Crippen LogP contribution in [0.1, 0.15) is 17.6 Å². The van der Waals surface area contributed by atoms with Gasteiger partial charge in [-0.15, -0.1) is 11.3 Å². The van der Waals surface area contributed by atoms with Crippen molar-refractivity contribution in [1.82, 2.24) is 14.8 Å². The molecule has 0 saturated heterocycles. The molecule has 0 aliphatic heterocycles. The Balaban J connectivity index is 2.05. The van der Waals surface area contributed by atoms with E-state index in [-0.39, 0.29) is 5.91 Å². The van der Waals surface area contributed by atoms with Gasteiger partial charge in [0.05, 0.1) is 17.2 Å². The average Bonchev–Trinajstić information content (AvgIpc) is 2.76. The molecule has 1 N–H and O–H groups in total. The molecule has 0 radical (unpaired) electrons. The summed E-state index contributed by atoms with van der Waals surface area (Å²) in [5.74, 6) is 0.453. The maximum atomic E-state index is 10.8. The highest BCUT2D eigenvalue weighted by molar-refractivity contribution is 7.09. The Morgan fingerprint density at radius 2 is 2.44 bits per heavy atom. The SMILES string of the molecule is CC(=O)Nc1ccn(Cc2csc(C)n2)n1. The van der Waals surface area contributed by atoms with Gasteiger partial charge in [-0.1, -0.05) is 0 Å². The minimum absolute atomic E-state index is 0.116. The van der Waals surface area contributed by atoms with Gasteiger partial charge in [-0.25, -0.2) is 4.98 Å². The summed E-state index contributed by atoms with van der Waals surface area (Å²) in [5, 5.41) is 9.89. The third kappa shape index (κ3) is 2.66. The summed E-state index contributed by atoms with van der Waals surface area (Å²) in [5.41, 5.74) is 0.986. The average molecular weight is 236 g/mol. The van der Waals surface area contributed by atoms with Crippen molar-refractivity contribution in [2.45, 2.75) is 20.4 Å². The number of carbonyl (C=O) groups is 1. The molecule has 0 fully saturated rings. The van der Waals surface area contributed by atoms with Crippen LogP contribution in [0.25, 0.3) is 0 Å². The van der Waals surface area contributed by atoms with Crippen LogP contribution >= 0.6 is 11.3 Å². The van der Waals surface area contributed by atoms with Gasteiger partial charge in [0.15, 0.2) is 5.82 Å². The van der Waals surface area contributed by atoms with E-state index in [1.807, 2.05) is 18.5 Å². The molecule has 0 atom stereocenters. The zero-order chi connectivity index (χ0) is 11.5. The van der Waals surface area contributed by atoms with Crippen molar-refractivity contribution in [1.29, 1.82) is 0 Å². The first-order valence-electron chi connectivity index (χ1n) is 4.85. The summed E-state index contributed by atoms with van der Waals surface area (Å²) < 4.78 is 1.75. The Bertz CT molecular complexity index is 502. The molecule has 0 bridgehead atoms.